The lowest BCUT2D eigenvalue weighted by molar-refractivity contribution is -0.117. The first kappa shape index (κ1) is 18.5. The number of amides is 2. The Balaban J connectivity index is 1.53. The summed E-state index contributed by atoms with van der Waals surface area (Å²) in [6.07, 6.45) is 2.05. The van der Waals surface area contributed by atoms with Crippen LogP contribution in [0.2, 0.25) is 0 Å². The van der Waals surface area contributed by atoms with Crippen LogP contribution in [-0.2, 0) is 26.0 Å². The number of anilines is 3. The molecule has 146 valence electrons. The van der Waals surface area contributed by atoms with E-state index in [9.17, 15) is 18.0 Å². The molecule has 0 radical (unpaired) electrons. The molecule has 2 aliphatic rings. The van der Waals surface area contributed by atoms with Crippen LogP contribution in [0.1, 0.15) is 25.3 Å². The van der Waals surface area contributed by atoms with Crippen molar-refractivity contribution in [2.24, 2.45) is 0 Å². The monoisotopic (exact) mass is 399 g/mol. The van der Waals surface area contributed by atoms with E-state index in [2.05, 4.69) is 4.72 Å². The molecule has 2 aromatic rings. The minimum Gasteiger partial charge on any atom is -0.312 e. The molecular weight excluding hydrogens is 378 g/mol. The fourth-order valence-electron chi connectivity index (χ4n) is 3.73. The maximum Gasteiger partial charge on any atom is 0.261 e. The Morgan fingerprint density at radius 1 is 1.04 bits per heavy atom. The third-order valence-electron chi connectivity index (χ3n) is 5.14. The maximum absolute atomic E-state index is 12.7. The van der Waals surface area contributed by atoms with Crippen molar-refractivity contribution in [1.29, 1.82) is 0 Å². The van der Waals surface area contributed by atoms with E-state index in [-0.39, 0.29) is 16.7 Å². The van der Waals surface area contributed by atoms with Gasteiger partial charge >= 0.3 is 0 Å². The molecule has 2 aromatic carbocycles. The fourth-order valence-corrected chi connectivity index (χ4v) is 4.78. The Morgan fingerprint density at radius 2 is 1.79 bits per heavy atom. The number of fused-ring (bicyclic) bond motifs is 1. The largest absolute Gasteiger partial charge is 0.312 e. The second kappa shape index (κ2) is 6.94. The van der Waals surface area contributed by atoms with Gasteiger partial charge in [-0.25, -0.2) is 8.42 Å². The molecule has 2 amide bonds. The number of carbonyl (C=O) groups excluding carboxylic acids is 2. The van der Waals surface area contributed by atoms with Crippen LogP contribution >= 0.6 is 0 Å². The normalized spacial score (nSPS) is 16.4. The SMILES string of the molecule is CC(=O)N1CCc2cc(NS(=O)(=O)c3ccc(N4CCCC4=O)cc3)ccc21. The molecule has 4 rings (SSSR count). The lowest BCUT2D eigenvalue weighted by Crippen LogP contribution is -2.25. The van der Waals surface area contributed by atoms with Crippen molar-refractivity contribution in [3.8, 4) is 0 Å². The Morgan fingerprint density at radius 3 is 2.43 bits per heavy atom. The Kier molecular flexibility index (Phi) is 4.58. The molecule has 7 nitrogen and oxygen atoms in total. The van der Waals surface area contributed by atoms with Gasteiger partial charge in [-0.05, 0) is 60.9 Å². The third-order valence-corrected chi connectivity index (χ3v) is 6.54. The molecule has 1 N–H and O–H groups in total. The molecule has 0 aromatic heterocycles. The Bertz CT molecular complexity index is 1050. The quantitative estimate of drug-likeness (QED) is 0.856. The number of sulfonamides is 1. The van der Waals surface area contributed by atoms with E-state index < -0.39 is 10.0 Å². The lowest BCUT2D eigenvalue weighted by Gasteiger charge is -2.17. The number of nitrogens with zero attached hydrogens (tertiary/aromatic N) is 2. The highest BCUT2D eigenvalue weighted by Gasteiger charge is 2.24. The average Bonchev–Trinajstić information content (AvgIpc) is 3.27. The predicted octanol–water partition coefficient (Wildman–Crippen LogP) is 2.52. The molecule has 0 atom stereocenters. The maximum atomic E-state index is 12.7. The molecular formula is C20H21N3O4S. The molecule has 28 heavy (non-hydrogen) atoms. The molecule has 0 unspecified atom stereocenters. The summed E-state index contributed by atoms with van der Waals surface area (Å²) in [6.45, 7) is 2.79. The van der Waals surface area contributed by atoms with E-state index in [0.29, 0.717) is 37.3 Å². The van der Waals surface area contributed by atoms with Gasteiger partial charge in [-0.1, -0.05) is 0 Å². The second-order valence-electron chi connectivity index (χ2n) is 7.01. The van der Waals surface area contributed by atoms with Crippen molar-refractivity contribution in [3.63, 3.8) is 0 Å². The van der Waals surface area contributed by atoms with Crippen molar-refractivity contribution in [1.82, 2.24) is 0 Å². The summed E-state index contributed by atoms with van der Waals surface area (Å²) in [4.78, 5) is 27.0. The van der Waals surface area contributed by atoms with E-state index in [0.717, 1.165) is 17.7 Å². The first-order valence-electron chi connectivity index (χ1n) is 9.19. The molecule has 8 heteroatoms. The summed E-state index contributed by atoms with van der Waals surface area (Å²) < 4.78 is 28.0. The van der Waals surface area contributed by atoms with Gasteiger partial charge in [0, 0.05) is 43.5 Å². The number of carbonyl (C=O) groups is 2. The van der Waals surface area contributed by atoms with Crippen LogP contribution in [0.15, 0.2) is 47.4 Å². The van der Waals surface area contributed by atoms with Crippen LogP contribution in [0.25, 0.3) is 0 Å². The standard InChI is InChI=1S/C20H21N3O4S/c1-14(24)22-12-10-15-13-16(4-9-19(15)22)21-28(26,27)18-7-5-17(6-8-18)23-11-2-3-20(23)25/h4-9,13,21H,2-3,10-12H2,1H3. The molecule has 0 bridgehead atoms. The molecule has 2 aliphatic heterocycles. The van der Waals surface area contributed by atoms with Crippen LogP contribution in [-0.4, -0.2) is 33.3 Å². The number of benzene rings is 2. The van der Waals surface area contributed by atoms with Gasteiger partial charge in [0.1, 0.15) is 0 Å². The number of rotatable bonds is 4. The summed E-state index contributed by atoms with van der Waals surface area (Å²) in [7, 11) is -3.75. The topological polar surface area (TPSA) is 86.8 Å². The van der Waals surface area contributed by atoms with Gasteiger partial charge < -0.3 is 9.80 Å². The summed E-state index contributed by atoms with van der Waals surface area (Å²) in [5.41, 5.74) is 2.94. The van der Waals surface area contributed by atoms with Gasteiger partial charge in [0.2, 0.25) is 11.8 Å². The van der Waals surface area contributed by atoms with E-state index in [1.165, 1.54) is 19.1 Å². The molecule has 0 spiro atoms. The second-order valence-corrected chi connectivity index (χ2v) is 8.69. The van der Waals surface area contributed by atoms with Crippen LogP contribution in [0.3, 0.4) is 0 Å². The zero-order chi connectivity index (χ0) is 19.9. The average molecular weight is 399 g/mol. The zero-order valence-corrected chi connectivity index (χ0v) is 16.3. The highest BCUT2D eigenvalue weighted by molar-refractivity contribution is 7.92. The summed E-state index contributed by atoms with van der Waals surface area (Å²) in [6, 6.07) is 11.5. The van der Waals surface area contributed by atoms with E-state index >= 15 is 0 Å². The molecule has 0 saturated carbocycles. The highest BCUT2D eigenvalue weighted by Crippen LogP contribution is 2.31. The van der Waals surface area contributed by atoms with Gasteiger partial charge in [-0.3, -0.25) is 14.3 Å². The molecule has 1 saturated heterocycles. The third kappa shape index (κ3) is 3.35. The summed E-state index contributed by atoms with van der Waals surface area (Å²) >= 11 is 0. The smallest absolute Gasteiger partial charge is 0.261 e. The van der Waals surface area contributed by atoms with Crippen LogP contribution < -0.4 is 14.5 Å². The molecule has 0 aliphatic carbocycles. The Labute approximate surface area is 164 Å². The van der Waals surface area contributed by atoms with Crippen molar-refractivity contribution in [2.75, 3.05) is 27.6 Å². The van der Waals surface area contributed by atoms with Crippen molar-refractivity contribution >= 4 is 38.9 Å². The van der Waals surface area contributed by atoms with Gasteiger partial charge in [0.05, 0.1) is 4.90 Å². The van der Waals surface area contributed by atoms with Crippen LogP contribution in [0, 0.1) is 0 Å². The number of hydrogen-bond acceptors (Lipinski definition) is 4. The Hall–Kier alpha value is -2.87. The lowest BCUT2D eigenvalue weighted by atomic mass is 10.1. The van der Waals surface area contributed by atoms with Gasteiger partial charge in [0.15, 0.2) is 0 Å². The predicted molar refractivity (Wildman–Crippen MR) is 107 cm³/mol. The summed E-state index contributed by atoms with van der Waals surface area (Å²) in [5.74, 6) is 0.0372. The minimum absolute atomic E-state index is 0.0244. The van der Waals surface area contributed by atoms with E-state index in [1.54, 1.807) is 40.1 Å². The fraction of sp³-hybridized carbons (Fsp3) is 0.300. The van der Waals surface area contributed by atoms with Crippen molar-refractivity contribution < 1.29 is 18.0 Å². The number of nitrogens with one attached hydrogen (secondary N) is 1. The van der Waals surface area contributed by atoms with Gasteiger partial charge in [-0.2, -0.15) is 0 Å². The van der Waals surface area contributed by atoms with Gasteiger partial charge in [-0.15, -0.1) is 0 Å². The first-order chi connectivity index (χ1) is 13.3. The first-order valence-corrected chi connectivity index (χ1v) is 10.7. The molecule has 2 heterocycles. The van der Waals surface area contributed by atoms with Crippen LogP contribution in [0.4, 0.5) is 17.1 Å². The minimum atomic E-state index is -3.75. The van der Waals surface area contributed by atoms with Crippen molar-refractivity contribution in [2.45, 2.75) is 31.1 Å². The van der Waals surface area contributed by atoms with Crippen molar-refractivity contribution in [3.05, 3.63) is 48.0 Å². The van der Waals surface area contributed by atoms with Crippen LogP contribution in [0.5, 0.6) is 0 Å². The van der Waals surface area contributed by atoms with Gasteiger partial charge in [0.25, 0.3) is 10.0 Å². The molecule has 1 fully saturated rings. The highest BCUT2D eigenvalue weighted by atomic mass is 32.2. The van der Waals surface area contributed by atoms with E-state index in [4.69, 9.17) is 0 Å². The zero-order valence-electron chi connectivity index (χ0n) is 15.5. The number of hydrogen-bond donors (Lipinski definition) is 1. The van der Waals surface area contributed by atoms with E-state index in [1.807, 2.05) is 0 Å². The summed E-state index contributed by atoms with van der Waals surface area (Å²) in [5, 5.41) is 0.